The lowest BCUT2D eigenvalue weighted by atomic mass is 10.0. The molecule has 3 aromatic carbocycles. The first-order chi connectivity index (χ1) is 15.0. The first kappa shape index (κ1) is 21.7. The molecule has 1 N–H and O–H groups in total. The molecular formula is C26H24O5. The van der Waals surface area contributed by atoms with Gasteiger partial charge in [0.15, 0.2) is 5.78 Å². The molecule has 0 spiro atoms. The van der Waals surface area contributed by atoms with E-state index in [0.29, 0.717) is 17.2 Å². The summed E-state index contributed by atoms with van der Waals surface area (Å²) < 4.78 is 15.9. The summed E-state index contributed by atoms with van der Waals surface area (Å²) in [6.07, 6.45) is 7.36. The zero-order valence-electron chi connectivity index (χ0n) is 17.7. The molecule has 31 heavy (non-hydrogen) atoms. The molecule has 5 heteroatoms. The van der Waals surface area contributed by atoms with E-state index < -0.39 is 0 Å². The van der Waals surface area contributed by atoms with Gasteiger partial charge in [-0.05, 0) is 53.3 Å². The second-order valence-corrected chi connectivity index (χ2v) is 6.65. The smallest absolute Gasteiger partial charge is 0.182 e. The zero-order valence-corrected chi connectivity index (χ0v) is 17.7. The molecule has 0 heterocycles. The lowest BCUT2D eigenvalue weighted by molar-refractivity contribution is -0.110. The number of hydrogen-bond acceptors (Lipinski definition) is 5. The molecule has 0 aromatic heterocycles. The quantitative estimate of drug-likeness (QED) is 0.294. The molecule has 0 saturated carbocycles. The maximum absolute atomic E-state index is 12.3. The van der Waals surface area contributed by atoms with Crippen LogP contribution >= 0.6 is 0 Å². The van der Waals surface area contributed by atoms with E-state index in [1.807, 2.05) is 36.4 Å². The molecule has 0 aliphatic rings. The number of aliphatic hydroxyl groups is 1. The highest BCUT2D eigenvalue weighted by Gasteiger charge is 2.06. The van der Waals surface area contributed by atoms with Crippen molar-refractivity contribution < 1.29 is 24.1 Å². The monoisotopic (exact) mass is 416 g/mol. The molecule has 158 valence electrons. The lowest BCUT2D eigenvalue weighted by Crippen LogP contribution is -1.92. The number of fused-ring (bicyclic) bond motifs is 1. The van der Waals surface area contributed by atoms with Crippen molar-refractivity contribution in [2.75, 3.05) is 21.3 Å². The fourth-order valence-electron chi connectivity index (χ4n) is 3.16. The zero-order chi connectivity index (χ0) is 22.2. The third kappa shape index (κ3) is 5.34. The van der Waals surface area contributed by atoms with Crippen molar-refractivity contribution in [3.63, 3.8) is 0 Å². The molecule has 3 rings (SSSR count). The summed E-state index contributed by atoms with van der Waals surface area (Å²) in [4.78, 5) is 12.3. The van der Waals surface area contributed by atoms with E-state index in [1.54, 1.807) is 51.7 Å². The number of aliphatic hydroxyl groups excluding tert-OH is 1. The highest BCUT2D eigenvalue weighted by Crippen LogP contribution is 2.29. The van der Waals surface area contributed by atoms with E-state index in [4.69, 9.17) is 14.2 Å². The first-order valence-corrected chi connectivity index (χ1v) is 9.64. The van der Waals surface area contributed by atoms with Crippen LogP contribution in [0.4, 0.5) is 0 Å². The first-order valence-electron chi connectivity index (χ1n) is 9.64. The second kappa shape index (κ2) is 10.2. The van der Waals surface area contributed by atoms with E-state index in [1.165, 1.54) is 12.2 Å². The summed E-state index contributed by atoms with van der Waals surface area (Å²) in [7, 11) is 4.72. The Hall–Kier alpha value is -3.99. The summed E-state index contributed by atoms with van der Waals surface area (Å²) in [5.41, 5.74) is 1.55. The van der Waals surface area contributed by atoms with Crippen molar-refractivity contribution in [2.45, 2.75) is 0 Å². The minimum absolute atomic E-state index is 0.169. The Morgan fingerprint density at radius 3 is 2.35 bits per heavy atom. The van der Waals surface area contributed by atoms with Crippen molar-refractivity contribution in [3.05, 3.63) is 89.7 Å². The summed E-state index contributed by atoms with van der Waals surface area (Å²) in [6.45, 7) is 0. The van der Waals surface area contributed by atoms with E-state index in [2.05, 4.69) is 0 Å². The molecule has 3 aromatic rings. The molecular weight excluding hydrogens is 392 g/mol. The van der Waals surface area contributed by atoms with Crippen molar-refractivity contribution in [1.82, 2.24) is 0 Å². The average Bonchev–Trinajstić information content (AvgIpc) is 2.80. The largest absolute Gasteiger partial charge is 0.508 e. The van der Waals surface area contributed by atoms with Gasteiger partial charge < -0.3 is 19.3 Å². The van der Waals surface area contributed by atoms with Crippen LogP contribution in [0.1, 0.15) is 11.1 Å². The number of carbonyl (C=O) groups excluding carboxylic acids is 1. The van der Waals surface area contributed by atoms with Gasteiger partial charge in [0.2, 0.25) is 0 Å². The highest BCUT2D eigenvalue weighted by molar-refractivity contribution is 6.04. The molecule has 0 atom stereocenters. The van der Waals surface area contributed by atoms with Gasteiger partial charge in [0.25, 0.3) is 0 Å². The predicted octanol–water partition coefficient (Wildman–Crippen LogP) is 5.60. The normalized spacial score (nSPS) is 11.9. The Morgan fingerprint density at radius 1 is 0.839 bits per heavy atom. The number of hydrogen-bond donors (Lipinski definition) is 1. The van der Waals surface area contributed by atoms with Gasteiger partial charge in [0.1, 0.15) is 23.0 Å². The van der Waals surface area contributed by atoms with Crippen LogP contribution in [0.15, 0.2) is 78.6 Å². The van der Waals surface area contributed by atoms with Gasteiger partial charge in [0, 0.05) is 23.3 Å². The number of allylic oxidation sites excluding steroid dienone is 3. The summed E-state index contributed by atoms with van der Waals surface area (Å²) in [6, 6.07) is 17.0. The van der Waals surface area contributed by atoms with Crippen molar-refractivity contribution in [2.24, 2.45) is 0 Å². The van der Waals surface area contributed by atoms with Crippen LogP contribution in [0.25, 0.3) is 22.9 Å². The Morgan fingerprint density at radius 2 is 1.61 bits per heavy atom. The van der Waals surface area contributed by atoms with Gasteiger partial charge in [-0.2, -0.15) is 0 Å². The topological polar surface area (TPSA) is 65.0 Å². The highest BCUT2D eigenvalue weighted by atomic mass is 16.5. The van der Waals surface area contributed by atoms with Crippen LogP contribution in [-0.2, 0) is 4.79 Å². The van der Waals surface area contributed by atoms with Crippen LogP contribution in [0.3, 0.4) is 0 Å². The average molecular weight is 416 g/mol. The molecule has 0 bridgehead atoms. The maximum atomic E-state index is 12.3. The number of carbonyl (C=O) groups is 1. The number of benzene rings is 3. The standard InChI is InChI=1S/C26H24O5/c1-29-22-13-9-19(26(17-22)31-3)8-11-20(27)16-21(28)12-14-24-23-7-5-4-6-18(23)10-15-25(24)30-2/h4-17,27H,1-3H3/b11-8+,14-12+,20-16-. The van der Waals surface area contributed by atoms with Crippen LogP contribution < -0.4 is 14.2 Å². The van der Waals surface area contributed by atoms with Crippen LogP contribution in [0.5, 0.6) is 17.2 Å². The Kier molecular flexibility index (Phi) is 7.12. The summed E-state index contributed by atoms with van der Waals surface area (Å²) in [5.74, 6) is 1.41. The van der Waals surface area contributed by atoms with Gasteiger partial charge in [-0.3, -0.25) is 4.79 Å². The number of rotatable bonds is 8. The maximum Gasteiger partial charge on any atom is 0.182 e. The van der Waals surface area contributed by atoms with Crippen LogP contribution in [0, 0.1) is 0 Å². The third-order valence-electron chi connectivity index (χ3n) is 4.73. The molecule has 5 nitrogen and oxygen atoms in total. The molecule has 0 unspecified atom stereocenters. The van der Waals surface area contributed by atoms with Gasteiger partial charge in [-0.25, -0.2) is 0 Å². The van der Waals surface area contributed by atoms with Gasteiger partial charge in [-0.15, -0.1) is 0 Å². The second-order valence-electron chi connectivity index (χ2n) is 6.65. The van der Waals surface area contributed by atoms with Gasteiger partial charge in [-0.1, -0.05) is 30.3 Å². The van der Waals surface area contributed by atoms with Gasteiger partial charge >= 0.3 is 0 Å². The minimum Gasteiger partial charge on any atom is -0.508 e. The third-order valence-corrected chi connectivity index (χ3v) is 4.73. The van der Waals surface area contributed by atoms with Crippen molar-refractivity contribution >= 4 is 28.7 Å². The molecule has 0 radical (unpaired) electrons. The number of methoxy groups -OCH3 is 3. The lowest BCUT2D eigenvalue weighted by Gasteiger charge is -2.08. The fourth-order valence-corrected chi connectivity index (χ4v) is 3.16. The van der Waals surface area contributed by atoms with Gasteiger partial charge in [0.05, 0.1) is 21.3 Å². The Bertz CT molecular complexity index is 1170. The Labute approximate surface area is 181 Å². The van der Waals surface area contributed by atoms with Crippen molar-refractivity contribution in [1.29, 1.82) is 0 Å². The minimum atomic E-state index is -0.348. The summed E-state index contributed by atoms with van der Waals surface area (Å²) >= 11 is 0. The Balaban J connectivity index is 1.79. The van der Waals surface area contributed by atoms with Crippen molar-refractivity contribution in [3.8, 4) is 17.2 Å². The van der Waals surface area contributed by atoms with Crippen LogP contribution in [-0.4, -0.2) is 32.2 Å². The number of ketones is 1. The molecule has 0 amide bonds. The molecule has 0 fully saturated rings. The number of ether oxygens (including phenoxy) is 3. The predicted molar refractivity (Wildman–Crippen MR) is 124 cm³/mol. The fraction of sp³-hybridized carbons (Fsp3) is 0.115. The molecule has 0 aliphatic heterocycles. The SMILES string of the molecule is COc1ccc(/C=C/C(O)=C/C(=O)/C=C/c2c(OC)ccc3ccccc23)c(OC)c1. The summed E-state index contributed by atoms with van der Waals surface area (Å²) in [5, 5.41) is 12.2. The van der Waals surface area contributed by atoms with E-state index in [-0.39, 0.29) is 11.5 Å². The van der Waals surface area contributed by atoms with Crippen LogP contribution in [0.2, 0.25) is 0 Å². The van der Waals surface area contributed by atoms with E-state index >= 15 is 0 Å². The molecule has 0 aliphatic carbocycles. The van der Waals surface area contributed by atoms with E-state index in [0.717, 1.165) is 28.0 Å². The van der Waals surface area contributed by atoms with E-state index in [9.17, 15) is 9.90 Å². The molecule has 0 saturated heterocycles.